The van der Waals surface area contributed by atoms with Crippen LogP contribution in [-0.2, 0) is 23.1 Å². The van der Waals surface area contributed by atoms with Crippen LogP contribution in [0.25, 0.3) is 0 Å². The van der Waals surface area contributed by atoms with Gasteiger partial charge in [-0.1, -0.05) is 45.9 Å². The normalized spacial score (nSPS) is 24.2. The summed E-state index contributed by atoms with van der Waals surface area (Å²) in [4.78, 5) is 11.1. The molecule has 0 amide bonds. The molecule has 0 saturated carbocycles. The highest BCUT2D eigenvalue weighted by molar-refractivity contribution is 5.63. The van der Waals surface area contributed by atoms with E-state index in [9.17, 15) is 4.79 Å². The number of hydrogen-bond acceptors (Lipinski definition) is 1. The summed E-state index contributed by atoms with van der Waals surface area (Å²) in [7, 11) is 0. The standard InChI is InChI=1S/C15H20O/c1-14(2,3)13-6-5-11-8-15(4,10-16)9-12(11)7-13/h5-7,10H,8-9H2,1-4H3. The zero-order valence-corrected chi connectivity index (χ0v) is 10.6. The lowest BCUT2D eigenvalue weighted by Gasteiger charge is -2.20. The Labute approximate surface area is 97.9 Å². The molecule has 1 atom stereocenters. The summed E-state index contributed by atoms with van der Waals surface area (Å²) in [6.45, 7) is 8.73. The van der Waals surface area contributed by atoms with Crippen LogP contribution in [0.5, 0.6) is 0 Å². The first-order valence-corrected chi connectivity index (χ1v) is 5.93. The first kappa shape index (κ1) is 11.4. The van der Waals surface area contributed by atoms with E-state index >= 15 is 0 Å². The van der Waals surface area contributed by atoms with Gasteiger partial charge in [-0.05, 0) is 34.9 Å². The van der Waals surface area contributed by atoms with Crippen molar-refractivity contribution in [2.45, 2.75) is 46.0 Å². The van der Waals surface area contributed by atoms with Crippen molar-refractivity contribution in [2.24, 2.45) is 5.41 Å². The molecule has 0 fully saturated rings. The Kier molecular flexibility index (Phi) is 2.45. The number of fused-ring (bicyclic) bond motifs is 1. The van der Waals surface area contributed by atoms with Crippen molar-refractivity contribution in [1.29, 1.82) is 0 Å². The smallest absolute Gasteiger partial charge is 0.126 e. The molecule has 0 spiro atoms. The summed E-state index contributed by atoms with van der Waals surface area (Å²) in [5, 5.41) is 0. The molecule has 1 heteroatoms. The van der Waals surface area contributed by atoms with E-state index in [0.717, 1.165) is 19.1 Å². The van der Waals surface area contributed by atoms with Gasteiger partial charge in [-0.25, -0.2) is 0 Å². The molecule has 2 rings (SSSR count). The van der Waals surface area contributed by atoms with Gasteiger partial charge in [0.05, 0.1) is 0 Å². The molecular weight excluding hydrogens is 196 g/mol. The molecule has 0 bridgehead atoms. The third-order valence-corrected chi connectivity index (χ3v) is 3.55. The van der Waals surface area contributed by atoms with Gasteiger partial charge >= 0.3 is 0 Å². The molecule has 0 saturated heterocycles. The van der Waals surface area contributed by atoms with Gasteiger partial charge in [0.2, 0.25) is 0 Å². The Bertz CT molecular complexity index is 426. The van der Waals surface area contributed by atoms with E-state index in [4.69, 9.17) is 0 Å². The van der Waals surface area contributed by atoms with Crippen LogP contribution < -0.4 is 0 Å². The fourth-order valence-electron chi connectivity index (χ4n) is 2.45. The second-order valence-electron chi connectivity index (χ2n) is 6.36. The number of benzene rings is 1. The van der Waals surface area contributed by atoms with Gasteiger partial charge in [0.1, 0.15) is 6.29 Å². The topological polar surface area (TPSA) is 17.1 Å². The van der Waals surface area contributed by atoms with Crippen molar-refractivity contribution in [2.75, 3.05) is 0 Å². The van der Waals surface area contributed by atoms with Crippen LogP contribution in [0, 0.1) is 5.41 Å². The van der Waals surface area contributed by atoms with Crippen molar-refractivity contribution in [3.05, 3.63) is 34.9 Å². The molecule has 0 aromatic heterocycles. The van der Waals surface area contributed by atoms with Crippen molar-refractivity contribution in [1.82, 2.24) is 0 Å². The maximum Gasteiger partial charge on any atom is 0.126 e. The molecule has 1 aromatic rings. The van der Waals surface area contributed by atoms with Crippen molar-refractivity contribution in [3.8, 4) is 0 Å². The maximum absolute atomic E-state index is 11.1. The van der Waals surface area contributed by atoms with Crippen LogP contribution in [0.4, 0.5) is 0 Å². The van der Waals surface area contributed by atoms with Crippen molar-refractivity contribution < 1.29 is 4.79 Å². The quantitative estimate of drug-likeness (QED) is 0.658. The van der Waals surface area contributed by atoms with E-state index < -0.39 is 0 Å². The molecule has 16 heavy (non-hydrogen) atoms. The Balaban J connectivity index is 2.38. The lowest BCUT2D eigenvalue weighted by molar-refractivity contribution is -0.115. The average Bonchev–Trinajstić information content (AvgIpc) is 2.52. The molecule has 0 heterocycles. The van der Waals surface area contributed by atoms with E-state index in [1.165, 1.54) is 16.7 Å². The van der Waals surface area contributed by atoms with Crippen molar-refractivity contribution in [3.63, 3.8) is 0 Å². The highest BCUT2D eigenvalue weighted by Gasteiger charge is 2.33. The van der Waals surface area contributed by atoms with Gasteiger partial charge in [-0.3, -0.25) is 0 Å². The van der Waals surface area contributed by atoms with Crippen LogP contribution in [0.2, 0.25) is 0 Å². The van der Waals surface area contributed by atoms with Crippen LogP contribution in [0.15, 0.2) is 18.2 Å². The molecule has 1 aliphatic rings. The van der Waals surface area contributed by atoms with Crippen LogP contribution in [0.3, 0.4) is 0 Å². The van der Waals surface area contributed by atoms with Crippen LogP contribution in [-0.4, -0.2) is 6.29 Å². The van der Waals surface area contributed by atoms with Gasteiger partial charge in [0.15, 0.2) is 0 Å². The summed E-state index contributed by atoms with van der Waals surface area (Å²) in [5.74, 6) is 0. The van der Waals surface area contributed by atoms with E-state index in [2.05, 4.69) is 45.9 Å². The molecule has 1 unspecified atom stereocenters. The fourth-order valence-corrected chi connectivity index (χ4v) is 2.45. The number of rotatable bonds is 1. The molecular formula is C15H20O. The minimum absolute atomic E-state index is 0.168. The Morgan fingerprint density at radius 3 is 2.38 bits per heavy atom. The minimum Gasteiger partial charge on any atom is -0.303 e. The zero-order chi connectivity index (χ0) is 12.0. The van der Waals surface area contributed by atoms with E-state index in [1.54, 1.807) is 0 Å². The Hall–Kier alpha value is -1.11. The first-order valence-electron chi connectivity index (χ1n) is 5.93. The van der Waals surface area contributed by atoms with E-state index in [0.29, 0.717) is 0 Å². The minimum atomic E-state index is -0.168. The molecule has 1 nitrogen and oxygen atoms in total. The lowest BCUT2D eigenvalue weighted by Crippen LogP contribution is -2.17. The number of carbonyl (C=O) groups excluding carboxylic acids is 1. The van der Waals surface area contributed by atoms with Gasteiger partial charge < -0.3 is 4.79 Å². The summed E-state index contributed by atoms with van der Waals surface area (Å²) >= 11 is 0. The van der Waals surface area contributed by atoms with Gasteiger partial charge in [-0.2, -0.15) is 0 Å². The summed E-state index contributed by atoms with van der Waals surface area (Å²) in [6.07, 6.45) is 2.91. The first-order chi connectivity index (χ1) is 7.34. The Morgan fingerprint density at radius 1 is 1.19 bits per heavy atom. The summed E-state index contributed by atoms with van der Waals surface area (Å²) in [6, 6.07) is 6.68. The zero-order valence-electron chi connectivity index (χ0n) is 10.6. The molecule has 0 radical (unpaired) electrons. The average molecular weight is 216 g/mol. The largest absolute Gasteiger partial charge is 0.303 e. The SMILES string of the molecule is CC1(C=O)Cc2ccc(C(C)(C)C)cc2C1. The van der Waals surface area contributed by atoms with Crippen molar-refractivity contribution >= 4 is 6.29 Å². The van der Waals surface area contributed by atoms with Gasteiger partial charge in [-0.15, -0.1) is 0 Å². The monoisotopic (exact) mass is 216 g/mol. The highest BCUT2D eigenvalue weighted by Crippen LogP contribution is 2.37. The second-order valence-corrected chi connectivity index (χ2v) is 6.36. The molecule has 0 aliphatic heterocycles. The molecule has 1 aliphatic carbocycles. The fraction of sp³-hybridized carbons (Fsp3) is 0.533. The molecule has 0 N–H and O–H groups in total. The molecule has 86 valence electrons. The second kappa shape index (κ2) is 3.44. The van der Waals surface area contributed by atoms with Gasteiger partial charge in [0.25, 0.3) is 0 Å². The summed E-state index contributed by atoms with van der Waals surface area (Å²) in [5.41, 5.74) is 4.10. The lowest BCUT2D eigenvalue weighted by atomic mass is 9.85. The molecule has 1 aromatic carbocycles. The summed E-state index contributed by atoms with van der Waals surface area (Å²) < 4.78 is 0. The number of carbonyl (C=O) groups is 1. The number of hydrogen-bond donors (Lipinski definition) is 0. The Morgan fingerprint density at radius 2 is 1.81 bits per heavy atom. The predicted octanol–water partition coefficient (Wildman–Crippen LogP) is 3.29. The highest BCUT2D eigenvalue weighted by atomic mass is 16.1. The van der Waals surface area contributed by atoms with E-state index in [1.807, 2.05) is 0 Å². The van der Waals surface area contributed by atoms with Crippen LogP contribution in [0.1, 0.15) is 44.4 Å². The van der Waals surface area contributed by atoms with Crippen LogP contribution >= 0.6 is 0 Å². The third-order valence-electron chi connectivity index (χ3n) is 3.55. The predicted molar refractivity (Wildman–Crippen MR) is 66.7 cm³/mol. The maximum atomic E-state index is 11.1. The van der Waals surface area contributed by atoms with E-state index in [-0.39, 0.29) is 10.8 Å². The third kappa shape index (κ3) is 1.91. The number of aldehydes is 1. The van der Waals surface area contributed by atoms with Gasteiger partial charge in [0, 0.05) is 5.41 Å².